The second-order valence-electron chi connectivity index (χ2n) is 16.4. The van der Waals surface area contributed by atoms with Crippen molar-refractivity contribution in [1.82, 2.24) is 30.0 Å². The average molecular weight is 859 g/mol. The number of esters is 1. The van der Waals surface area contributed by atoms with Crippen molar-refractivity contribution < 1.29 is 29.0 Å². The quantitative estimate of drug-likeness (QED) is 0.0401. The molecule has 13 heteroatoms. The van der Waals surface area contributed by atoms with Crippen LogP contribution in [0.1, 0.15) is 97.0 Å². The highest BCUT2D eigenvalue weighted by molar-refractivity contribution is 5.90. The zero-order valence-corrected chi connectivity index (χ0v) is 36.0. The van der Waals surface area contributed by atoms with Gasteiger partial charge < -0.3 is 19.1 Å². The second kappa shape index (κ2) is 18.0. The summed E-state index contributed by atoms with van der Waals surface area (Å²) in [5.41, 5.74) is 7.65. The van der Waals surface area contributed by atoms with Gasteiger partial charge in [0, 0.05) is 29.5 Å². The maximum absolute atomic E-state index is 13.7. The highest BCUT2D eigenvalue weighted by Crippen LogP contribution is 2.42. The Hall–Kier alpha value is -6.96. The lowest BCUT2D eigenvalue weighted by molar-refractivity contribution is -0.172. The van der Waals surface area contributed by atoms with E-state index in [-0.39, 0.29) is 31.1 Å². The summed E-state index contributed by atoms with van der Waals surface area (Å²) < 4.78 is 14.9. The molecular formula is C51H50N6O7. The van der Waals surface area contributed by atoms with Crippen LogP contribution < -0.4 is 15.8 Å². The molecule has 1 amide bonds. The van der Waals surface area contributed by atoms with E-state index in [0.29, 0.717) is 59.9 Å². The summed E-state index contributed by atoms with van der Waals surface area (Å²) in [5.74, 6) is -0.257. The van der Waals surface area contributed by atoms with Crippen LogP contribution in [0.5, 0.6) is 5.75 Å². The number of amides is 1. The summed E-state index contributed by atoms with van der Waals surface area (Å²) in [4.78, 5) is 50.9. The fraction of sp³-hybridized carbons (Fsp3) is 0.294. The number of carbonyl (C=O) groups is 2. The average Bonchev–Trinajstić information content (AvgIpc) is 3.95. The SMILES string of the molecule is CCc1c2c(nc3ccc(OCc4cn(CCCCCCC(=O)NOC(c5ccccc5)(c5ccccc5)c5ccccc5)nn4)cc13)-c1cc3c(c(=O)n1C2)COC(=O)[C@]3(O)CC. The van der Waals surface area contributed by atoms with Crippen LogP contribution >= 0.6 is 0 Å². The fourth-order valence-electron chi connectivity index (χ4n) is 9.10. The van der Waals surface area contributed by atoms with E-state index in [9.17, 15) is 19.5 Å². The van der Waals surface area contributed by atoms with Gasteiger partial charge in [0.05, 0.1) is 35.2 Å². The Morgan fingerprint density at radius 2 is 1.53 bits per heavy atom. The maximum atomic E-state index is 13.7. The highest BCUT2D eigenvalue weighted by atomic mass is 16.7. The fourth-order valence-corrected chi connectivity index (χ4v) is 9.10. The zero-order valence-electron chi connectivity index (χ0n) is 36.0. The minimum atomic E-state index is -1.88. The molecule has 7 aromatic rings. The van der Waals surface area contributed by atoms with Crippen LogP contribution in [0.4, 0.5) is 0 Å². The van der Waals surface area contributed by atoms with Crippen LogP contribution in [0.25, 0.3) is 22.3 Å². The lowest BCUT2D eigenvalue weighted by Gasteiger charge is -2.35. The Labute approximate surface area is 370 Å². The molecule has 0 bridgehead atoms. The van der Waals surface area contributed by atoms with E-state index in [1.807, 2.05) is 120 Å². The number of pyridine rings is 2. The highest BCUT2D eigenvalue weighted by Gasteiger charge is 2.45. The Balaban J connectivity index is 0.778. The third-order valence-electron chi connectivity index (χ3n) is 12.5. The molecule has 0 fully saturated rings. The molecule has 0 radical (unpaired) electrons. The summed E-state index contributed by atoms with van der Waals surface area (Å²) in [6, 6.07) is 37.3. The smallest absolute Gasteiger partial charge is 0.343 e. The Morgan fingerprint density at radius 1 is 0.859 bits per heavy atom. The van der Waals surface area contributed by atoms with Gasteiger partial charge in [-0.2, -0.15) is 0 Å². The predicted octanol–water partition coefficient (Wildman–Crippen LogP) is 7.80. The summed E-state index contributed by atoms with van der Waals surface area (Å²) in [6.45, 7) is 4.85. The van der Waals surface area contributed by atoms with Gasteiger partial charge in [-0.3, -0.25) is 19.1 Å². The van der Waals surface area contributed by atoms with Gasteiger partial charge in [-0.15, -0.1) is 5.10 Å². The van der Waals surface area contributed by atoms with E-state index in [4.69, 9.17) is 19.3 Å². The lowest BCUT2D eigenvalue weighted by Crippen LogP contribution is -2.44. The normalized spacial score (nSPS) is 15.3. The summed E-state index contributed by atoms with van der Waals surface area (Å²) in [7, 11) is 0. The molecule has 4 aromatic carbocycles. The molecule has 64 heavy (non-hydrogen) atoms. The zero-order chi connectivity index (χ0) is 44.3. The van der Waals surface area contributed by atoms with Crippen LogP contribution in [-0.4, -0.2) is 41.5 Å². The maximum Gasteiger partial charge on any atom is 0.343 e. The van der Waals surface area contributed by atoms with Gasteiger partial charge in [0.2, 0.25) is 5.91 Å². The number of cyclic esters (lactones) is 1. The molecule has 326 valence electrons. The largest absolute Gasteiger partial charge is 0.487 e. The van der Waals surface area contributed by atoms with Crippen molar-refractivity contribution >= 4 is 22.8 Å². The van der Waals surface area contributed by atoms with Crippen LogP contribution in [0, 0.1) is 0 Å². The summed E-state index contributed by atoms with van der Waals surface area (Å²) >= 11 is 0. The van der Waals surface area contributed by atoms with E-state index in [2.05, 4.69) is 22.7 Å². The van der Waals surface area contributed by atoms with Gasteiger partial charge in [0.25, 0.3) is 5.56 Å². The number of ether oxygens (including phenoxy) is 2. The molecule has 0 saturated heterocycles. The van der Waals surface area contributed by atoms with Crippen LogP contribution in [-0.2, 0) is 63.1 Å². The van der Waals surface area contributed by atoms with Gasteiger partial charge in [-0.25, -0.2) is 15.3 Å². The van der Waals surface area contributed by atoms with Crippen molar-refractivity contribution in [2.24, 2.45) is 0 Å². The number of fused-ring (bicyclic) bond motifs is 5. The number of nitrogens with one attached hydrogen (secondary N) is 1. The van der Waals surface area contributed by atoms with Gasteiger partial charge >= 0.3 is 5.97 Å². The number of aryl methyl sites for hydroxylation is 2. The van der Waals surface area contributed by atoms with Gasteiger partial charge in [-0.1, -0.05) is 123 Å². The molecule has 0 spiro atoms. The second-order valence-corrected chi connectivity index (χ2v) is 16.4. The van der Waals surface area contributed by atoms with Gasteiger partial charge in [-0.05, 0) is 72.2 Å². The summed E-state index contributed by atoms with van der Waals surface area (Å²) in [5, 5.41) is 20.8. The number of hydrogen-bond donors (Lipinski definition) is 2. The monoisotopic (exact) mass is 858 g/mol. The first-order valence-corrected chi connectivity index (χ1v) is 22.0. The molecule has 2 N–H and O–H groups in total. The molecule has 9 rings (SSSR count). The number of nitrogens with zero attached hydrogens (tertiary/aromatic N) is 5. The molecule has 0 aliphatic carbocycles. The Bertz CT molecular complexity index is 2780. The first-order chi connectivity index (χ1) is 31.2. The molecular weight excluding hydrogens is 809 g/mol. The molecule has 5 heterocycles. The number of rotatable bonds is 17. The standard InChI is InChI=1S/C51H50N6O7/c1-3-39-40-28-38(25-26-44(40)52-47-41(39)31-57-45(47)29-43-42(48(57)59)33-63-49(60)50(43,61)4-2)62-32-37-30-56(55-53-37)27-17-6-5-16-24-46(58)54-64-51(34-18-10-7-11-19-34,35-20-12-8-13-21-35)36-22-14-9-15-23-36/h7-15,18-23,25-26,28-30,61H,3-6,16-17,24,27,31-33H2,1-2H3,(H,54,58)/t50-/m0/s1. The third-order valence-corrected chi connectivity index (χ3v) is 12.5. The number of carbonyl (C=O) groups excluding carboxylic acids is 2. The van der Waals surface area contributed by atoms with Crippen molar-refractivity contribution in [2.45, 2.75) is 96.3 Å². The number of benzene rings is 4. The number of aliphatic hydroxyl groups is 1. The first kappa shape index (κ1) is 42.3. The van der Waals surface area contributed by atoms with Crippen LogP contribution in [0.3, 0.4) is 0 Å². The first-order valence-electron chi connectivity index (χ1n) is 22.0. The van der Waals surface area contributed by atoms with Crippen LogP contribution in [0.15, 0.2) is 126 Å². The Morgan fingerprint density at radius 3 is 2.19 bits per heavy atom. The van der Waals surface area contributed by atoms with E-state index in [1.165, 1.54) is 0 Å². The van der Waals surface area contributed by atoms with Crippen molar-refractivity contribution in [3.8, 4) is 17.1 Å². The molecule has 3 aromatic heterocycles. The van der Waals surface area contributed by atoms with E-state index in [0.717, 1.165) is 64.4 Å². The van der Waals surface area contributed by atoms with Crippen molar-refractivity contribution in [2.75, 3.05) is 0 Å². The topological polar surface area (TPSA) is 160 Å². The molecule has 0 saturated carbocycles. The van der Waals surface area contributed by atoms with Crippen molar-refractivity contribution in [1.29, 1.82) is 0 Å². The summed E-state index contributed by atoms with van der Waals surface area (Å²) in [6.07, 6.45) is 6.42. The molecule has 2 aliphatic heterocycles. The third kappa shape index (κ3) is 7.86. The number of hydrogen-bond acceptors (Lipinski definition) is 10. The van der Waals surface area contributed by atoms with E-state index in [1.54, 1.807) is 17.6 Å². The van der Waals surface area contributed by atoms with Crippen molar-refractivity contribution in [3.63, 3.8) is 0 Å². The van der Waals surface area contributed by atoms with E-state index < -0.39 is 17.2 Å². The van der Waals surface area contributed by atoms with E-state index >= 15 is 0 Å². The van der Waals surface area contributed by atoms with Gasteiger partial charge in [0.15, 0.2) is 11.2 Å². The van der Waals surface area contributed by atoms with Crippen molar-refractivity contribution in [3.05, 3.63) is 176 Å². The molecule has 2 aliphatic rings. The van der Waals surface area contributed by atoms with Crippen LogP contribution in [0.2, 0.25) is 0 Å². The number of aromatic nitrogens is 5. The minimum Gasteiger partial charge on any atom is -0.487 e. The predicted molar refractivity (Wildman–Crippen MR) is 240 cm³/mol. The molecule has 13 nitrogen and oxygen atoms in total. The number of unbranched alkanes of at least 4 members (excludes halogenated alkanes) is 3. The molecule has 1 atom stereocenters. The molecule has 0 unspecified atom stereocenters. The lowest BCUT2D eigenvalue weighted by atomic mass is 9.80. The van der Waals surface area contributed by atoms with Gasteiger partial charge in [0.1, 0.15) is 24.7 Å². The number of hydroxylamine groups is 1. The minimum absolute atomic E-state index is 0.0860. The Kier molecular flexibility index (Phi) is 11.9.